The summed E-state index contributed by atoms with van der Waals surface area (Å²) in [6, 6.07) is 6.19. The van der Waals surface area contributed by atoms with E-state index in [4.69, 9.17) is 10.5 Å². The number of fused-ring (bicyclic) bond motifs is 1. The Morgan fingerprint density at radius 2 is 2.10 bits per heavy atom. The quantitative estimate of drug-likeness (QED) is 0.901. The maximum atomic E-state index is 12.3. The van der Waals surface area contributed by atoms with E-state index in [-0.39, 0.29) is 30.5 Å². The van der Waals surface area contributed by atoms with Gasteiger partial charge in [0.25, 0.3) is 5.91 Å². The van der Waals surface area contributed by atoms with E-state index >= 15 is 0 Å². The van der Waals surface area contributed by atoms with Crippen molar-refractivity contribution in [3.8, 4) is 0 Å². The van der Waals surface area contributed by atoms with Crippen molar-refractivity contribution in [1.29, 1.82) is 0 Å². The van der Waals surface area contributed by atoms with Gasteiger partial charge in [-0.3, -0.25) is 4.79 Å². The third kappa shape index (κ3) is 3.57. The maximum absolute atomic E-state index is 12.3. The van der Waals surface area contributed by atoms with Crippen molar-refractivity contribution < 1.29 is 9.53 Å². The minimum absolute atomic E-state index is 0. The Morgan fingerprint density at radius 1 is 1.29 bits per heavy atom. The number of amides is 1. The number of carbonyl (C=O) groups is 1. The number of hydrogen-bond acceptors (Lipinski definition) is 3. The van der Waals surface area contributed by atoms with Gasteiger partial charge in [-0.2, -0.15) is 0 Å². The fourth-order valence-electron chi connectivity index (χ4n) is 3.18. The van der Waals surface area contributed by atoms with Gasteiger partial charge in [-0.05, 0) is 55.7 Å². The highest BCUT2D eigenvalue weighted by molar-refractivity contribution is 5.95. The summed E-state index contributed by atoms with van der Waals surface area (Å²) in [4.78, 5) is 12.3. The van der Waals surface area contributed by atoms with Crippen LogP contribution in [0.5, 0.6) is 0 Å². The van der Waals surface area contributed by atoms with Crippen LogP contribution in [0.3, 0.4) is 0 Å². The number of anilines is 1. The third-order valence-electron chi connectivity index (χ3n) is 4.32. The number of halogens is 1. The second kappa shape index (κ2) is 7.25. The number of carbonyl (C=O) groups excluding carboxylic acids is 1. The summed E-state index contributed by atoms with van der Waals surface area (Å²) in [7, 11) is 0. The SMILES string of the molecule is Cl.NC[C@H]1CC[C@@H](C(=O)Nc2cccc3c2CCCC3)O1. The molecule has 0 unspecified atom stereocenters. The van der Waals surface area contributed by atoms with E-state index in [1.54, 1.807) is 0 Å². The van der Waals surface area contributed by atoms with Crippen LogP contribution in [-0.2, 0) is 22.4 Å². The molecule has 0 radical (unpaired) electrons. The van der Waals surface area contributed by atoms with E-state index in [1.807, 2.05) is 12.1 Å². The standard InChI is InChI=1S/C16H22N2O2.ClH/c17-10-12-8-9-15(20-12)16(19)18-14-7-3-5-11-4-1-2-6-13(11)14;/h3,5,7,12,15H,1-2,4,6,8-10,17H2,(H,18,19);1H/t12-,15+;/m1./s1. The molecule has 1 fully saturated rings. The van der Waals surface area contributed by atoms with Crippen LogP contribution >= 0.6 is 12.4 Å². The first kappa shape index (κ1) is 16.3. The predicted octanol–water partition coefficient (Wildman–Crippen LogP) is 2.43. The van der Waals surface area contributed by atoms with E-state index in [2.05, 4.69) is 11.4 Å². The molecule has 0 bridgehead atoms. The molecule has 1 aromatic carbocycles. The first-order chi connectivity index (χ1) is 9.78. The smallest absolute Gasteiger partial charge is 0.253 e. The Bertz CT molecular complexity index is 507. The lowest BCUT2D eigenvalue weighted by molar-refractivity contribution is -0.126. The molecule has 0 saturated carbocycles. The number of hydrogen-bond donors (Lipinski definition) is 2. The molecule has 1 aromatic rings. The van der Waals surface area contributed by atoms with Gasteiger partial charge in [0.15, 0.2) is 0 Å². The predicted molar refractivity (Wildman–Crippen MR) is 85.9 cm³/mol. The van der Waals surface area contributed by atoms with Crippen molar-refractivity contribution in [3.63, 3.8) is 0 Å². The van der Waals surface area contributed by atoms with Crippen molar-refractivity contribution in [3.05, 3.63) is 29.3 Å². The first-order valence-electron chi connectivity index (χ1n) is 7.55. The third-order valence-corrected chi connectivity index (χ3v) is 4.32. The molecule has 5 heteroatoms. The van der Waals surface area contributed by atoms with Crippen LogP contribution in [0.25, 0.3) is 0 Å². The minimum Gasteiger partial charge on any atom is -0.364 e. The molecule has 0 spiro atoms. The van der Waals surface area contributed by atoms with Gasteiger partial charge in [-0.15, -0.1) is 12.4 Å². The zero-order valence-corrected chi connectivity index (χ0v) is 13.0. The Balaban J connectivity index is 0.00000161. The molecule has 2 aliphatic rings. The summed E-state index contributed by atoms with van der Waals surface area (Å²) >= 11 is 0. The average molecular weight is 311 g/mol. The summed E-state index contributed by atoms with van der Waals surface area (Å²) in [5.74, 6) is -0.0278. The largest absolute Gasteiger partial charge is 0.364 e. The summed E-state index contributed by atoms with van der Waals surface area (Å²) in [5, 5.41) is 3.05. The fraction of sp³-hybridized carbons (Fsp3) is 0.562. The van der Waals surface area contributed by atoms with E-state index in [1.165, 1.54) is 24.0 Å². The highest BCUT2D eigenvalue weighted by Gasteiger charge is 2.30. The topological polar surface area (TPSA) is 64.4 Å². The molecule has 4 nitrogen and oxygen atoms in total. The van der Waals surface area contributed by atoms with Gasteiger partial charge in [0.1, 0.15) is 6.10 Å². The molecule has 1 heterocycles. The van der Waals surface area contributed by atoms with Crippen LogP contribution in [0, 0.1) is 0 Å². The van der Waals surface area contributed by atoms with Crippen LogP contribution in [0.15, 0.2) is 18.2 Å². The fourth-order valence-corrected chi connectivity index (χ4v) is 3.18. The Hall–Kier alpha value is -1.10. The van der Waals surface area contributed by atoms with Gasteiger partial charge in [0.05, 0.1) is 6.10 Å². The summed E-state index contributed by atoms with van der Waals surface area (Å²) in [6.07, 6.45) is 5.96. The number of nitrogens with one attached hydrogen (secondary N) is 1. The molecule has 116 valence electrons. The molecular weight excluding hydrogens is 288 g/mol. The Morgan fingerprint density at radius 3 is 2.86 bits per heavy atom. The van der Waals surface area contributed by atoms with Gasteiger partial charge in [0.2, 0.25) is 0 Å². The van der Waals surface area contributed by atoms with Gasteiger partial charge in [-0.1, -0.05) is 12.1 Å². The maximum Gasteiger partial charge on any atom is 0.253 e. The lowest BCUT2D eigenvalue weighted by Crippen LogP contribution is -2.30. The summed E-state index contributed by atoms with van der Waals surface area (Å²) in [6.45, 7) is 0.491. The zero-order chi connectivity index (χ0) is 13.9. The van der Waals surface area contributed by atoms with E-state index in [9.17, 15) is 4.79 Å². The molecule has 1 amide bonds. The van der Waals surface area contributed by atoms with E-state index in [0.717, 1.165) is 31.4 Å². The second-order valence-corrected chi connectivity index (χ2v) is 5.70. The van der Waals surface area contributed by atoms with E-state index in [0.29, 0.717) is 6.54 Å². The lowest BCUT2D eigenvalue weighted by Gasteiger charge is -2.20. The molecule has 1 aliphatic heterocycles. The first-order valence-corrected chi connectivity index (χ1v) is 7.55. The van der Waals surface area contributed by atoms with Crippen LogP contribution in [0.2, 0.25) is 0 Å². The molecule has 21 heavy (non-hydrogen) atoms. The van der Waals surface area contributed by atoms with Crippen molar-refractivity contribution in [2.75, 3.05) is 11.9 Å². The second-order valence-electron chi connectivity index (χ2n) is 5.70. The van der Waals surface area contributed by atoms with Gasteiger partial charge < -0.3 is 15.8 Å². The minimum atomic E-state index is -0.344. The van der Waals surface area contributed by atoms with Crippen LogP contribution in [-0.4, -0.2) is 24.7 Å². The number of aryl methyl sites for hydroxylation is 1. The van der Waals surface area contributed by atoms with Crippen LogP contribution in [0.1, 0.15) is 36.8 Å². The molecule has 3 rings (SSSR count). The molecule has 1 aliphatic carbocycles. The molecule has 0 aromatic heterocycles. The number of benzene rings is 1. The van der Waals surface area contributed by atoms with E-state index < -0.39 is 0 Å². The monoisotopic (exact) mass is 310 g/mol. The van der Waals surface area contributed by atoms with Gasteiger partial charge >= 0.3 is 0 Å². The number of ether oxygens (including phenoxy) is 1. The highest BCUT2D eigenvalue weighted by atomic mass is 35.5. The van der Waals surface area contributed by atoms with Crippen molar-refractivity contribution in [2.24, 2.45) is 5.73 Å². The average Bonchev–Trinajstić information content (AvgIpc) is 2.97. The molecule has 3 N–H and O–H groups in total. The molecule has 2 atom stereocenters. The lowest BCUT2D eigenvalue weighted by atomic mass is 9.90. The summed E-state index contributed by atoms with van der Waals surface area (Å²) < 4.78 is 5.65. The van der Waals surface area contributed by atoms with Crippen molar-refractivity contribution >= 4 is 24.0 Å². The van der Waals surface area contributed by atoms with Crippen molar-refractivity contribution in [1.82, 2.24) is 0 Å². The van der Waals surface area contributed by atoms with Crippen molar-refractivity contribution in [2.45, 2.75) is 50.7 Å². The van der Waals surface area contributed by atoms with Gasteiger partial charge in [0, 0.05) is 12.2 Å². The zero-order valence-electron chi connectivity index (χ0n) is 12.1. The Kier molecular flexibility index (Phi) is 5.62. The number of rotatable bonds is 3. The normalized spacial score (nSPS) is 24.0. The Labute approximate surface area is 131 Å². The highest BCUT2D eigenvalue weighted by Crippen LogP contribution is 2.28. The molecule has 1 saturated heterocycles. The number of nitrogens with two attached hydrogens (primary N) is 1. The van der Waals surface area contributed by atoms with Gasteiger partial charge in [-0.25, -0.2) is 0 Å². The summed E-state index contributed by atoms with van der Waals surface area (Å²) in [5.41, 5.74) is 9.23. The molecular formula is C16H23ClN2O2. The van der Waals surface area contributed by atoms with Crippen LogP contribution < -0.4 is 11.1 Å². The van der Waals surface area contributed by atoms with Crippen LogP contribution in [0.4, 0.5) is 5.69 Å².